The molecule has 2 amide bonds. The van der Waals surface area contributed by atoms with Gasteiger partial charge in [0.25, 0.3) is 5.91 Å². The molecule has 1 aromatic rings. The first-order valence-electron chi connectivity index (χ1n) is 9.17. The lowest BCUT2D eigenvalue weighted by Crippen LogP contribution is -2.47. The number of piperidine rings is 1. The molecule has 1 atom stereocenters. The highest BCUT2D eigenvalue weighted by molar-refractivity contribution is 5.97. The molecular weight excluding hydrogens is 330 g/mol. The van der Waals surface area contributed by atoms with Crippen LogP contribution in [0.1, 0.15) is 49.9 Å². The first-order valence-corrected chi connectivity index (χ1v) is 9.17. The molecule has 1 fully saturated rings. The van der Waals surface area contributed by atoms with Gasteiger partial charge >= 0.3 is 0 Å². The van der Waals surface area contributed by atoms with E-state index in [0.717, 1.165) is 18.9 Å². The summed E-state index contributed by atoms with van der Waals surface area (Å²) < 4.78 is 0. The smallest absolute Gasteiger partial charge is 0.253 e. The number of nitrogens with zero attached hydrogens (tertiary/aromatic N) is 3. The van der Waals surface area contributed by atoms with E-state index in [1.54, 1.807) is 12.3 Å². The SMILES string of the molecule is CC(C)C[C@H](NC(=O)c1ccc(N2CCCCC2)nc1)C(=O)NCC#N. The highest BCUT2D eigenvalue weighted by Crippen LogP contribution is 2.17. The number of nitrogens with one attached hydrogen (secondary N) is 2. The average molecular weight is 357 g/mol. The summed E-state index contributed by atoms with van der Waals surface area (Å²) in [7, 11) is 0. The molecule has 7 nitrogen and oxygen atoms in total. The van der Waals surface area contributed by atoms with Crippen molar-refractivity contribution in [2.24, 2.45) is 5.92 Å². The topological polar surface area (TPSA) is 98.1 Å². The minimum Gasteiger partial charge on any atom is -0.357 e. The molecule has 0 aromatic carbocycles. The molecule has 1 aliphatic rings. The Balaban J connectivity index is 2.01. The lowest BCUT2D eigenvalue weighted by Gasteiger charge is -2.27. The van der Waals surface area contributed by atoms with Crippen LogP contribution in [-0.2, 0) is 4.79 Å². The summed E-state index contributed by atoms with van der Waals surface area (Å²) in [4.78, 5) is 31.3. The zero-order chi connectivity index (χ0) is 18.9. The fraction of sp³-hybridized carbons (Fsp3) is 0.579. The predicted molar refractivity (Wildman–Crippen MR) is 99.6 cm³/mol. The average Bonchev–Trinajstić information content (AvgIpc) is 2.66. The van der Waals surface area contributed by atoms with E-state index in [1.807, 2.05) is 26.0 Å². The summed E-state index contributed by atoms with van der Waals surface area (Å²) in [5.41, 5.74) is 0.424. The second-order valence-electron chi connectivity index (χ2n) is 6.98. The van der Waals surface area contributed by atoms with Gasteiger partial charge in [0, 0.05) is 19.3 Å². The number of anilines is 1. The number of hydrogen-bond donors (Lipinski definition) is 2. The van der Waals surface area contributed by atoms with Crippen molar-refractivity contribution in [2.75, 3.05) is 24.5 Å². The third kappa shape index (κ3) is 5.73. The summed E-state index contributed by atoms with van der Waals surface area (Å²) in [5, 5.41) is 13.9. The molecule has 2 N–H and O–H groups in total. The van der Waals surface area contributed by atoms with Gasteiger partial charge in [-0.2, -0.15) is 5.26 Å². The van der Waals surface area contributed by atoms with Crippen LogP contribution < -0.4 is 15.5 Å². The van der Waals surface area contributed by atoms with Gasteiger partial charge in [-0.3, -0.25) is 9.59 Å². The molecule has 2 heterocycles. The minimum absolute atomic E-state index is 0.0740. The molecule has 0 unspecified atom stereocenters. The quantitative estimate of drug-likeness (QED) is 0.726. The van der Waals surface area contributed by atoms with Gasteiger partial charge < -0.3 is 15.5 Å². The Morgan fingerprint density at radius 3 is 2.58 bits per heavy atom. The molecule has 0 spiro atoms. The highest BCUT2D eigenvalue weighted by atomic mass is 16.2. The zero-order valence-corrected chi connectivity index (χ0v) is 15.5. The lowest BCUT2D eigenvalue weighted by molar-refractivity contribution is -0.123. The van der Waals surface area contributed by atoms with Crippen molar-refractivity contribution in [1.29, 1.82) is 5.26 Å². The first-order chi connectivity index (χ1) is 12.5. The minimum atomic E-state index is -0.669. The van der Waals surface area contributed by atoms with Crippen LogP contribution in [0.5, 0.6) is 0 Å². The Bertz CT molecular complexity index is 645. The Morgan fingerprint density at radius 1 is 1.27 bits per heavy atom. The van der Waals surface area contributed by atoms with Crippen molar-refractivity contribution < 1.29 is 9.59 Å². The molecule has 0 bridgehead atoms. The van der Waals surface area contributed by atoms with Crippen LogP contribution in [0, 0.1) is 17.2 Å². The van der Waals surface area contributed by atoms with Crippen LogP contribution >= 0.6 is 0 Å². The maximum absolute atomic E-state index is 12.5. The van der Waals surface area contributed by atoms with E-state index in [-0.39, 0.29) is 24.3 Å². The molecule has 1 saturated heterocycles. The van der Waals surface area contributed by atoms with Gasteiger partial charge in [-0.1, -0.05) is 13.8 Å². The Labute approximate surface area is 154 Å². The van der Waals surface area contributed by atoms with Crippen LogP contribution in [0.25, 0.3) is 0 Å². The number of aromatic nitrogens is 1. The number of rotatable bonds is 7. The van der Waals surface area contributed by atoms with Crippen LogP contribution in [0.3, 0.4) is 0 Å². The number of carbonyl (C=O) groups is 2. The van der Waals surface area contributed by atoms with Crippen molar-refractivity contribution in [3.8, 4) is 6.07 Å². The van der Waals surface area contributed by atoms with Gasteiger partial charge in [0.2, 0.25) is 5.91 Å². The lowest BCUT2D eigenvalue weighted by atomic mass is 10.0. The maximum Gasteiger partial charge on any atom is 0.253 e. The van der Waals surface area contributed by atoms with Crippen molar-refractivity contribution in [3.63, 3.8) is 0 Å². The van der Waals surface area contributed by atoms with Crippen LogP contribution in [0.15, 0.2) is 18.3 Å². The van der Waals surface area contributed by atoms with E-state index in [1.165, 1.54) is 19.3 Å². The third-order valence-corrected chi connectivity index (χ3v) is 4.36. The molecule has 2 rings (SSSR count). The predicted octanol–water partition coefficient (Wildman–Crippen LogP) is 1.86. The summed E-state index contributed by atoms with van der Waals surface area (Å²) in [6.45, 7) is 5.87. The maximum atomic E-state index is 12.5. The molecular formula is C19H27N5O2. The normalized spacial score (nSPS) is 15.2. The zero-order valence-electron chi connectivity index (χ0n) is 15.5. The van der Waals surface area contributed by atoms with E-state index >= 15 is 0 Å². The van der Waals surface area contributed by atoms with Gasteiger partial charge in [0.1, 0.15) is 18.4 Å². The van der Waals surface area contributed by atoms with Crippen molar-refractivity contribution >= 4 is 17.6 Å². The van der Waals surface area contributed by atoms with E-state index in [4.69, 9.17) is 5.26 Å². The Morgan fingerprint density at radius 2 is 2.00 bits per heavy atom. The van der Waals surface area contributed by atoms with E-state index in [9.17, 15) is 9.59 Å². The van der Waals surface area contributed by atoms with Crippen molar-refractivity contribution in [3.05, 3.63) is 23.9 Å². The monoisotopic (exact) mass is 357 g/mol. The number of carbonyl (C=O) groups excluding carboxylic acids is 2. The molecule has 0 radical (unpaired) electrons. The van der Waals surface area contributed by atoms with Gasteiger partial charge in [0.15, 0.2) is 0 Å². The van der Waals surface area contributed by atoms with Gasteiger partial charge in [-0.15, -0.1) is 0 Å². The van der Waals surface area contributed by atoms with Crippen LogP contribution in [-0.4, -0.2) is 42.5 Å². The number of amides is 2. The summed E-state index contributed by atoms with van der Waals surface area (Å²) in [6, 6.07) is 4.80. The Hall–Kier alpha value is -2.62. The fourth-order valence-corrected chi connectivity index (χ4v) is 3.02. The molecule has 0 saturated carbocycles. The van der Waals surface area contributed by atoms with Gasteiger partial charge in [0.05, 0.1) is 11.6 Å². The van der Waals surface area contributed by atoms with Crippen molar-refractivity contribution in [2.45, 2.75) is 45.6 Å². The van der Waals surface area contributed by atoms with Gasteiger partial charge in [-0.25, -0.2) is 4.98 Å². The van der Waals surface area contributed by atoms with E-state index in [2.05, 4.69) is 20.5 Å². The molecule has 1 aromatic heterocycles. The molecule has 1 aliphatic heterocycles. The molecule has 7 heteroatoms. The number of hydrogen-bond acceptors (Lipinski definition) is 5. The fourth-order valence-electron chi connectivity index (χ4n) is 3.02. The standard InChI is InChI=1S/C19H27N5O2/c1-14(2)12-16(19(26)21-9-8-20)23-18(25)15-6-7-17(22-13-15)24-10-4-3-5-11-24/h6-7,13-14,16H,3-5,9-12H2,1-2H3,(H,21,26)(H,23,25)/t16-/m0/s1. The van der Waals surface area contributed by atoms with Crippen LogP contribution in [0.4, 0.5) is 5.82 Å². The molecule has 0 aliphatic carbocycles. The van der Waals surface area contributed by atoms with Crippen LogP contribution in [0.2, 0.25) is 0 Å². The number of nitriles is 1. The second-order valence-corrected chi connectivity index (χ2v) is 6.98. The largest absolute Gasteiger partial charge is 0.357 e. The third-order valence-electron chi connectivity index (χ3n) is 4.36. The molecule has 140 valence electrons. The summed E-state index contributed by atoms with van der Waals surface area (Å²) >= 11 is 0. The van der Waals surface area contributed by atoms with E-state index in [0.29, 0.717) is 12.0 Å². The second kappa shape index (κ2) is 9.76. The number of pyridine rings is 1. The Kier molecular flexibility index (Phi) is 7.39. The van der Waals surface area contributed by atoms with E-state index < -0.39 is 6.04 Å². The summed E-state index contributed by atoms with van der Waals surface area (Å²) in [5.74, 6) is 0.437. The summed E-state index contributed by atoms with van der Waals surface area (Å²) in [6.07, 6.45) is 5.64. The highest BCUT2D eigenvalue weighted by Gasteiger charge is 2.22. The van der Waals surface area contributed by atoms with Gasteiger partial charge in [-0.05, 0) is 43.7 Å². The first kappa shape index (κ1) is 19.7. The van der Waals surface area contributed by atoms with Crippen molar-refractivity contribution in [1.82, 2.24) is 15.6 Å². The molecule has 26 heavy (non-hydrogen) atoms.